The lowest BCUT2D eigenvalue weighted by molar-refractivity contribution is 0.309. The minimum Gasteiger partial charge on any atom is -0.314 e. The molecule has 3 nitrogen and oxygen atoms in total. The van der Waals surface area contributed by atoms with Crippen LogP contribution in [-0.2, 0) is 13.1 Å². The molecule has 0 aliphatic heterocycles. The number of halogens is 1. The summed E-state index contributed by atoms with van der Waals surface area (Å²) in [6.45, 7) is 1.83. The Morgan fingerprint density at radius 3 is 2.59 bits per heavy atom. The van der Waals surface area contributed by atoms with Gasteiger partial charge in [-0.15, -0.1) is 0 Å². The van der Waals surface area contributed by atoms with Gasteiger partial charge in [0.25, 0.3) is 0 Å². The molecule has 0 spiro atoms. The van der Waals surface area contributed by atoms with Gasteiger partial charge in [0.2, 0.25) is 0 Å². The van der Waals surface area contributed by atoms with Gasteiger partial charge in [-0.05, 0) is 49.6 Å². The van der Waals surface area contributed by atoms with Crippen molar-refractivity contribution in [3.63, 3.8) is 0 Å². The SMILES string of the molecule is CNCc1cc(-c2ccc(Cl)cc2)n(CC2CCCCC2)n1. The topological polar surface area (TPSA) is 29.9 Å². The number of nitrogens with one attached hydrogen (secondary N) is 1. The molecule has 4 heteroatoms. The number of hydrogen-bond donors (Lipinski definition) is 1. The molecule has 22 heavy (non-hydrogen) atoms. The molecule has 2 aromatic rings. The number of nitrogens with zero attached hydrogens (tertiary/aromatic N) is 2. The van der Waals surface area contributed by atoms with Crippen LogP contribution in [0.2, 0.25) is 5.02 Å². The molecule has 1 aliphatic rings. The molecule has 3 rings (SSSR count). The van der Waals surface area contributed by atoms with Crippen molar-refractivity contribution in [3.8, 4) is 11.3 Å². The van der Waals surface area contributed by atoms with Gasteiger partial charge in [-0.2, -0.15) is 5.10 Å². The van der Waals surface area contributed by atoms with Gasteiger partial charge >= 0.3 is 0 Å². The minimum absolute atomic E-state index is 0.766. The second-order valence-corrected chi connectivity index (χ2v) is 6.68. The van der Waals surface area contributed by atoms with Crippen molar-refractivity contribution in [1.29, 1.82) is 0 Å². The highest BCUT2D eigenvalue weighted by Crippen LogP contribution is 2.28. The van der Waals surface area contributed by atoms with E-state index >= 15 is 0 Å². The summed E-state index contributed by atoms with van der Waals surface area (Å²) in [6.07, 6.45) is 6.80. The van der Waals surface area contributed by atoms with Gasteiger partial charge in [-0.1, -0.05) is 43.0 Å². The molecule has 0 atom stereocenters. The summed E-state index contributed by atoms with van der Waals surface area (Å²) >= 11 is 6.02. The van der Waals surface area contributed by atoms with Gasteiger partial charge in [0.05, 0.1) is 11.4 Å². The monoisotopic (exact) mass is 317 g/mol. The van der Waals surface area contributed by atoms with Crippen LogP contribution in [0, 0.1) is 5.92 Å². The predicted molar refractivity (Wildman–Crippen MR) is 92.0 cm³/mol. The zero-order valence-corrected chi connectivity index (χ0v) is 13.9. The molecule has 0 radical (unpaired) electrons. The lowest BCUT2D eigenvalue weighted by atomic mass is 9.89. The fraction of sp³-hybridized carbons (Fsp3) is 0.500. The Morgan fingerprint density at radius 2 is 1.91 bits per heavy atom. The van der Waals surface area contributed by atoms with Crippen LogP contribution in [0.3, 0.4) is 0 Å². The summed E-state index contributed by atoms with van der Waals surface area (Å²) in [5, 5.41) is 8.78. The fourth-order valence-corrected chi connectivity index (χ4v) is 3.47. The molecule has 118 valence electrons. The molecule has 1 heterocycles. The number of hydrogen-bond acceptors (Lipinski definition) is 2. The summed E-state index contributed by atoms with van der Waals surface area (Å²) in [5.41, 5.74) is 3.49. The Kier molecular flexibility index (Phi) is 5.16. The Bertz CT molecular complexity index is 597. The first-order chi connectivity index (χ1) is 10.8. The van der Waals surface area contributed by atoms with Crippen LogP contribution in [0.25, 0.3) is 11.3 Å². The Labute approximate surface area is 137 Å². The maximum absolute atomic E-state index is 6.02. The van der Waals surface area contributed by atoms with E-state index in [1.54, 1.807) is 0 Å². The van der Waals surface area contributed by atoms with E-state index in [9.17, 15) is 0 Å². The quantitative estimate of drug-likeness (QED) is 0.879. The average molecular weight is 318 g/mol. The van der Waals surface area contributed by atoms with Crippen LogP contribution in [0.1, 0.15) is 37.8 Å². The van der Waals surface area contributed by atoms with Gasteiger partial charge in [0.15, 0.2) is 0 Å². The molecule has 0 unspecified atom stereocenters. The van der Waals surface area contributed by atoms with Crippen molar-refractivity contribution in [1.82, 2.24) is 15.1 Å². The zero-order chi connectivity index (χ0) is 15.4. The smallest absolute Gasteiger partial charge is 0.0768 e. The predicted octanol–water partition coefficient (Wildman–Crippen LogP) is 4.50. The zero-order valence-electron chi connectivity index (χ0n) is 13.2. The van der Waals surface area contributed by atoms with Crippen molar-refractivity contribution < 1.29 is 0 Å². The molecule has 0 saturated heterocycles. The van der Waals surface area contributed by atoms with E-state index in [0.29, 0.717) is 0 Å². The summed E-state index contributed by atoms with van der Waals surface area (Å²) in [5.74, 6) is 0.766. The van der Waals surface area contributed by atoms with Gasteiger partial charge in [-0.25, -0.2) is 0 Å². The summed E-state index contributed by atoms with van der Waals surface area (Å²) in [7, 11) is 1.96. The van der Waals surface area contributed by atoms with Crippen LogP contribution in [-0.4, -0.2) is 16.8 Å². The van der Waals surface area contributed by atoms with Crippen LogP contribution in [0.15, 0.2) is 30.3 Å². The highest BCUT2D eigenvalue weighted by molar-refractivity contribution is 6.30. The lowest BCUT2D eigenvalue weighted by Crippen LogP contribution is -2.16. The van der Waals surface area contributed by atoms with Gasteiger partial charge in [-0.3, -0.25) is 4.68 Å². The molecular formula is C18H24ClN3. The van der Waals surface area contributed by atoms with E-state index in [1.165, 1.54) is 43.4 Å². The fourth-order valence-electron chi connectivity index (χ4n) is 3.34. The first-order valence-electron chi connectivity index (χ1n) is 8.23. The third-order valence-corrected chi connectivity index (χ3v) is 4.74. The Balaban J connectivity index is 1.87. The molecule has 1 aliphatic carbocycles. The molecule has 0 bridgehead atoms. The highest BCUT2D eigenvalue weighted by Gasteiger charge is 2.17. The molecule has 0 amide bonds. The van der Waals surface area contributed by atoms with Crippen LogP contribution >= 0.6 is 11.6 Å². The van der Waals surface area contributed by atoms with Crippen LogP contribution < -0.4 is 5.32 Å². The van der Waals surface area contributed by atoms with E-state index in [2.05, 4.69) is 28.2 Å². The minimum atomic E-state index is 0.766. The molecular weight excluding hydrogens is 294 g/mol. The lowest BCUT2D eigenvalue weighted by Gasteiger charge is -2.22. The molecule has 1 aromatic carbocycles. The van der Waals surface area contributed by atoms with E-state index in [1.807, 2.05) is 19.2 Å². The van der Waals surface area contributed by atoms with Crippen molar-refractivity contribution in [2.75, 3.05) is 7.05 Å². The second-order valence-electron chi connectivity index (χ2n) is 6.24. The van der Waals surface area contributed by atoms with Crippen LogP contribution in [0.4, 0.5) is 0 Å². The van der Waals surface area contributed by atoms with E-state index in [4.69, 9.17) is 16.7 Å². The van der Waals surface area contributed by atoms with Gasteiger partial charge in [0, 0.05) is 18.1 Å². The Morgan fingerprint density at radius 1 is 1.18 bits per heavy atom. The summed E-state index contributed by atoms with van der Waals surface area (Å²) < 4.78 is 2.20. The number of aromatic nitrogens is 2. The molecule has 1 fully saturated rings. The highest BCUT2D eigenvalue weighted by atomic mass is 35.5. The third-order valence-electron chi connectivity index (χ3n) is 4.48. The largest absolute Gasteiger partial charge is 0.314 e. The van der Waals surface area contributed by atoms with E-state index < -0.39 is 0 Å². The first kappa shape index (κ1) is 15.6. The second kappa shape index (κ2) is 7.30. The third kappa shape index (κ3) is 3.71. The van der Waals surface area contributed by atoms with Crippen LogP contribution in [0.5, 0.6) is 0 Å². The van der Waals surface area contributed by atoms with Crippen molar-refractivity contribution in [3.05, 3.63) is 41.0 Å². The standard InChI is InChI=1S/C18H24ClN3/c1-20-12-17-11-18(15-7-9-16(19)10-8-15)22(21-17)13-14-5-3-2-4-6-14/h7-11,14,20H,2-6,12-13H2,1H3. The average Bonchev–Trinajstić information content (AvgIpc) is 2.92. The number of benzene rings is 1. The maximum Gasteiger partial charge on any atom is 0.0768 e. The molecule has 1 saturated carbocycles. The van der Waals surface area contributed by atoms with Gasteiger partial charge in [0.1, 0.15) is 0 Å². The first-order valence-corrected chi connectivity index (χ1v) is 8.61. The van der Waals surface area contributed by atoms with Crippen molar-refractivity contribution in [2.45, 2.75) is 45.2 Å². The molecule has 1 N–H and O–H groups in total. The molecule has 1 aromatic heterocycles. The normalized spacial score (nSPS) is 16.1. The Hall–Kier alpha value is -1.32. The van der Waals surface area contributed by atoms with Crippen molar-refractivity contribution in [2.24, 2.45) is 5.92 Å². The van der Waals surface area contributed by atoms with E-state index in [-0.39, 0.29) is 0 Å². The van der Waals surface area contributed by atoms with E-state index in [0.717, 1.165) is 29.7 Å². The maximum atomic E-state index is 6.02. The van der Waals surface area contributed by atoms with Crippen molar-refractivity contribution >= 4 is 11.6 Å². The summed E-state index contributed by atoms with van der Waals surface area (Å²) in [6, 6.07) is 10.3. The summed E-state index contributed by atoms with van der Waals surface area (Å²) in [4.78, 5) is 0. The number of rotatable bonds is 5. The van der Waals surface area contributed by atoms with Gasteiger partial charge < -0.3 is 5.32 Å².